The van der Waals surface area contributed by atoms with E-state index in [0.29, 0.717) is 0 Å². The van der Waals surface area contributed by atoms with Gasteiger partial charge in [0, 0.05) is 0 Å². The van der Waals surface area contributed by atoms with Crippen molar-refractivity contribution >= 4 is 24.9 Å². The van der Waals surface area contributed by atoms with Gasteiger partial charge in [-0.25, -0.2) is 0 Å². The van der Waals surface area contributed by atoms with Crippen molar-refractivity contribution < 1.29 is 9.13 Å². The molecule has 0 aromatic carbocycles. The topological polar surface area (TPSA) is 34.1 Å². The SMILES string of the molecule is CP(C)(C)=O.CSP(C)(C)=O. The summed E-state index contributed by atoms with van der Waals surface area (Å²) in [4.78, 5) is 0. The number of hydrogen-bond donors (Lipinski definition) is 0. The van der Waals surface area contributed by atoms with Crippen molar-refractivity contribution in [1.29, 1.82) is 0 Å². The quantitative estimate of drug-likeness (QED) is 0.631. The summed E-state index contributed by atoms with van der Waals surface area (Å²) in [5, 5.41) is 0. The van der Waals surface area contributed by atoms with Crippen LogP contribution in [0.2, 0.25) is 0 Å². The Kier molecular flexibility index (Phi) is 7.11. The molecule has 0 fully saturated rings. The van der Waals surface area contributed by atoms with Crippen LogP contribution in [0.15, 0.2) is 0 Å². The average Bonchev–Trinajstić information content (AvgIpc) is 1.59. The third-order valence-corrected chi connectivity index (χ3v) is 3.96. The van der Waals surface area contributed by atoms with E-state index in [1.165, 1.54) is 11.4 Å². The van der Waals surface area contributed by atoms with Gasteiger partial charge < -0.3 is 9.13 Å². The molecule has 0 saturated carbocycles. The van der Waals surface area contributed by atoms with Crippen molar-refractivity contribution in [2.75, 3.05) is 39.6 Å². The van der Waals surface area contributed by atoms with Gasteiger partial charge in [0.15, 0.2) is 0 Å². The summed E-state index contributed by atoms with van der Waals surface area (Å²) in [7, 11) is -1.64. The van der Waals surface area contributed by atoms with E-state index >= 15 is 0 Å². The zero-order valence-electron chi connectivity index (χ0n) is 8.12. The summed E-state index contributed by atoms with van der Waals surface area (Å²) in [6.07, 6.45) is 0.132. The minimum absolute atomic E-state index is 1.44. The van der Waals surface area contributed by atoms with Crippen LogP contribution < -0.4 is 0 Å². The predicted molar refractivity (Wildman–Crippen MR) is 58.3 cm³/mol. The molecule has 2 nitrogen and oxygen atoms in total. The maximum Gasteiger partial charge on any atom is 0.133 e. The minimum Gasteiger partial charge on any atom is -0.324 e. The molecule has 0 N–H and O–H groups in total. The van der Waals surface area contributed by atoms with Crippen LogP contribution in [0, 0.1) is 0 Å². The summed E-state index contributed by atoms with van der Waals surface area (Å²) in [5.41, 5.74) is 0. The second kappa shape index (κ2) is 5.45. The lowest BCUT2D eigenvalue weighted by atomic mass is 11.9. The third kappa shape index (κ3) is 57.8. The van der Waals surface area contributed by atoms with Gasteiger partial charge in [0.1, 0.15) is 6.34 Å². The molecular weight excluding hydrogens is 198 g/mol. The molecule has 5 heteroatoms. The van der Waals surface area contributed by atoms with Crippen molar-refractivity contribution in [2.45, 2.75) is 0 Å². The fraction of sp³-hybridized carbons (Fsp3) is 1.00. The van der Waals surface area contributed by atoms with Crippen molar-refractivity contribution in [3.8, 4) is 0 Å². The zero-order valence-corrected chi connectivity index (χ0v) is 10.7. The van der Waals surface area contributed by atoms with Crippen molar-refractivity contribution in [1.82, 2.24) is 0 Å². The first-order valence-corrected chi connectivity index (χ1v) is 10.7. The second-order valence-corrected chi connectivity index (χ2v) is 13.7. The van der Waals surface area contributed by atoms with Gasteiger partial charge in [-0.3, -0.25) is 0 Å². The van der Waals surface area contributed by atoms with Crippen LogP contribution in [-0.2, 0) is 9.13 Å². The highest BCUT2D eigenvalue weighted by atomic mass is 32.7. The Morgan fingerprint density at radius 1 is 0.909 bits per heavy atom. The number of hydrogen-bond acceptors (Lipinski definition) is 3. The molecule has 0 rings (SSSR count). The van der Waals surface area contributed by atoms with Crippen molar-refractivity contribution in [2.24, 2.45) is 0 Å². The summed E-state index contributed by atoms with van der Waals surface area (Å²) in [6.45, 7) is 8.75. The van der Waals surface area contributed by atoms with E-state index in [4.69, 9.17) is 0 Å². The van der Waals surface area contributed by atoms with Gasteiger partial charge in [0.25, 0.3) is 0 Å². The molecule has 0 aliphatic heterocycles. The first kappa shape index (κ1) is 14.3. The van der Waals surface area contributed by atoms with Crippen molar-refractivity contribution in [3.63, 3.8) is 0 Å². The lowest BCUT2D eigenvalue weighted by Gasteiger charge is -1.95. The first-order valence-electron chi connectivity index (χ1n) is 3.19. The molecule has 0 bridgehead atoms. The van der Waals surface area contributed by atoms with E-state index in [9.17, 15) is 9.13 Å². The molecule has 0 aromatic heterocycles. The molecular formula is C6H18O2P2S. The van der Waals surface area contributed by atoms with Crippen LogP contribution in [0.1, 0.15) is 0 Å². The molecule has 11 heavy (non-hydrogen) atoms. The lowest BCUT2D eigenvalue weighted by Crippen LogP contribution is -1.61. The number of rotatable bonds is 1. The van der Waals surface area contributed by atoms with Gasteiger partial charge in [-0.2, -0.15) is 0 Å². The molecule has 0 aliphatic rings. The third-order valence-electron chi connectivity index (χ3n) is 0.440. The Bertz CT molecular complexity index is 171. The van der Waals surface area contributed by atoms with Gasteiger partial charge in [-0.05, 0) is 39.6 Å². The van der Waals surface area contributed by atoms with Gasteiger partial charge in [0.05, 0.1) is 7.14 Å². The summed E-state index contributed by atoms with van der Waals surface area (Å²) < 4.78 is 20.8. The Morgan fingerprint density at radius 2 is 1.00 bits per heavy atom. The molecule has 0 spiro atoms. The van der Waals surface area contributed by atoms with Gasteiger partial charge in [0.2, 0.25) is 0 Å². The normalized spacial score (nSPS) is 11.8. The highest BCUT2D eigenvalue weighted by molar-refractivity contribution is 8.57. The molecule has 0 saturated heterocycles. The maximum absolute atomic E-state index is 10.5. The van der Waals surface area contributed by atoms with Gasteiger partial charge >= 0.3 is 0 Å². The minimum atomic E-state index is -1.73. The van der Waals surface area contributed by atoms with Crippen LogP contribution in [-0.4, -0.2) is 39.6 Å². The summed E-state index contributed by atoms with van der Waals surface area (Å²) in [5.74, 6) is 0. The van der Waals surface area contributed by atoms with Crippen LogP contribution in [0.25, 0.3) is 0 Å². The summed E-state index contributed by atoms with van der Waals surface area (Å²) in [6, 6.07) is 0. The standard InChI is InChI=1S/C3H9OPS.C3H9OP/c1-5(2,4)6-3;1-5(2,3)4/h1-3H3;1-3H3. The van der Waals surface area contributed by atoms with E-state index < -0.39 is 13.5 Å². The van der Waals surface area contributed by atoms with E-state index in [1.807, 2.05) is 6.26 Å². The van der Waals surface area contributed by atoms with Gasteiger partial charge in [-0.15, -0.1) is 11.4 Å². The first-order chi connectivity index (χ1) is 4.56. The molecule has 0 atom stereocenters. The summed E-state index contributed by atoms with van der Waals surface area (Å²) >= 11 is 1.44. The Labute approximate surface area is 74.0 Å². The van der Waals surface area contributed by atoms with E-state index in [-0.39, 0.29) is 0 Å². The Hall–Kier alpha value is 0.810. The smallest absolute Gasteiger partial charge is 0.133 e. The van der Waals surface area contributed by atoms with E-state index in [0.717, 1.165) is 0 Å². The fourth-order valence-corrected chi connectivity index (χ4v) is 0. The average molecular weight is 216 g/mol. The molecule has 70 valence electrons. The maximum atomic E-state index is 10.5. The predicted octanol–water partition coefficient (Wildman–Crippen LogP) is 3.13. The van der Waals surface area contributed by atoms with E-state index in [2.05, 4.69) is 0 Å². The van der Waals surface area contributed by atoms with Crippen LogP contribution in [0.4, 0.5) is 0 Å². The highest BCUT2D eigenvalue weighted by Crippen LogP contribution is 2.48. The fourth-order valence-electron chi connectivity index (χ4n) is 0. The van der Waals surface area contributed by atoms with Crippen LogP contribution in [0.5, 0.6) is 0 Å². The Morgan fingerprint density at radius 3 is 1.00 bits per heavy atom. The van der Waals surface area contributed by atoms with Crippen LogP contribution >= 0.6 is 24.9 Å². The zero-order chi connectivity index (χ0) is 9.71. The molecule has 0 radical (unpaired) electrons. The molecule has 0 aliphatic carbocycles. The van der Waals surface area contributed by atoms with Gasteiger partial charge in [-0.1, -0.05) is 0 Å². The highest BCUT2D eigenvalue weighted by Gasteiger charge is 1.99. The molecule has 0 amide bonds. The molecule has 0 aromatic rings. The molecule has 0 unspecified atom stereocenters. The van der Waals surface area contributed by atoms with E-state index in [1.54, 1.807) is 33.3 Å². The van der Waals surface area contributed by atoms with Crippen LogP contribution in [0.3, 0.4) is 0 Å². The van der Waals surface area contributed by atoms with Crippen molar-refractivity contribution in [3.05, 3.63) is 0 Å². The Balaban J connectivity index is 0. The largest absolute Gasteiger partial charge is 0.324 e. The lowest BCUT2D eigenvalue weighted by molar-refractivity contribution is 0.586. The second-order valence-electron chi connectivity index (χ2n) is 3.32. The monoisotopic (exact) mass is 216 g/mol. The molecule has 0 heterocycles.